The molecule has 2 nitrogen and oxygen atoms in total. The molecule has 18 heavy (non-hydrogen) atoms. The predicted molar refractivity (Wildman–Crippen MR) is 77.6 cm³/mol. The van der Waals surface area contributed by atoms with Crippen molar-refractivity contribution in [2.24, 2.45) is 27.6 Å². The van der Waals surface area contributed by atoms with Crippen LogP contribution in [0.5, 0.6) is 0 Å². The van der Waals surface area contributed by atoms with Gasteiger partial charge in [0.1, 0.15) is 0 Å². The van der Waals surface area contributed by atoms with Crippen LogP contribution in [0, 0.1) is 27.6 Å². The van der Waals surface area contributed by atoms with Crippen LogP contribution in [-0.4, -0.2) is 11.1 Å². The molecule has 1 N–H and O–H groups in total. The number of hydrogen-bond donors (Lipinski definition) is 1. The van der Waals surface area contributed by atoms with Crippen LogP contribution < -0.4 is 0 Å². The van der Waals surface area contributed by atoms with Crippen molar-refractivity contribution in [2.75, 3.05) is 0 Å². The van der Waals surface area contributed by atoms with Crippen molar-refractivity contribution in [1.82, 2.24) is 0 Å². The van der Waals surface area contributed by atoms with E-state index < -0.39 is 11.4 Å². The van der Waals surface area contributed by atoms with Crippen molar-refractivity contribution >= 4 is 5.97 Å². The number of carbonyl (C=O) groups is 1. The number of rotatable bonds is 5. The Morgan fingerprint density at radius 2 is 1.17 bits per heavy atom. The number of carboxylic acid groups (broad SMARTS) is 1. The monoisotopic (exact) mass is 256 g/mol. The zero-order valence-electron chi connectivity index (χ0n) is 13.9. The third kappa shape index (κ3) is 2.19. The average molecular weight is 256 g/mol. The van der Waals surface area contributed by atoms with E-state index in [9.17, 15) is 9.90 Å². The smallest absolute Gasteiger partial charge is 0.309 e. The highest BCUT2D eigenvalue weighted by Crippen LogP contribution is 2.61. The molecule has 0 aromatic rings. The molecule has 0 rings (SSSR count). The van der Waals surface area contributed by atoms with E-state index in [0.717, 1.165) is 0 Å². The minimum Gasteiger partial charge on any atom is -0.481 e. The van der Waals surface area contributed by atoms with Crippen LogP contribution in [0.3, 0.4) is 0 Å². The fourth-order valence-corrected chi connectivity index (χ4v) is 2.58. The molecule has 0 spiro atoms. The van der Waals surface area contributed by atoms with Gasteiger partial charge in [-0.05, 0) is 36.0 Å². The largest absolute Gasteiger partial charge is 0.481 e. The molecule has 0 aliphatic heterocycles. The van der Waals surface area contributed by atoms with E-state index in [1.54, 1.807) is 0 Å². The van der Waals surface area contributed by atoms with Gasteiger partial charge in [-0.3, -0.25) is 4.79 Å². The van der Waals surface area contributed by atoms with Gasteiger partial charge in [0.25, 0.3) is 0 Å². The highest BCUT2D eigenvalue weighted by atomic mass is 16.4. The Bertz CT molecular complexity index is 320. The van der Waals surface area contributed by atoms with Gasteiger partial charge in [-0.2, -0.15) is 0 Å². The Kier molecular flexibility index (Phi) is 4.40. The van der Waals surface area contributed by atoms with Crippen molar-refractivity contribution in [3.63, 3.8) is 0 Å². The van der Waals surface area contributed by atoms with Crippen molar-refractivity contribution in [3.8, 4) is 0 Å². The molecular weight excluding hydrogens is 224 g/mol. The second-order valence-corrected chi connectivity index (χ2v) is 8.06. The maximum Gasteiger partial charge on any atom is 0.309 e. The molecule has 0 aliphatic rings. The first-order chi connectivity index (χ1) is 7.64. The summed E-state index contributed by atoms with van der Waals surface area (Å²) in [5.74, 6) is -0.225. The summed E-state index contributed by atoms with van der Waals surface area (Å²) >= 11 is 0. The van der Waals surface area contributed by atoms with Crippen LogP contribution in [0.1, 0.15) is 69.2 Å². The Morgan fingerprint density at radius 3 is 1.39 bits per heavy atom. The zero-order chi connectivity index (χ0) is 15.2. The first-order valence-electron chi connectivity index (χ1n) is 6.87. The van der Waals surface area contributed by atoms with Gasteiger partial charge in [-0.1, -0.05) is 55.4 Å². The second-order valence-electron chi connectivity index (χ2n) is 8.06. The number of aliphatic carboxylic acids is 1. The summed E-state index contributed by atoms with van der Waals surface area (Å²) in [5, 5.41) is 9.54. The lowest BCUT2D eigenvalue weighted by Gasteiger charge is -2.58. The Morgan fingerprint density at radius 1 is 0.833 bits per heavy atom. The SMILES string of the molecule is CC(C)C(C)(C)C(C)(C)C(C)(C)C(C)(C)C(=O)O. The lowest BCUT2D eigenvalue weighted by atomic mass is 9.45. The van der Waals surface area contributed by atoms with Crippen molar-refractivity contribution in [2.45, 2.75) is 69.2 Å². The maximum absolute atomic E-state index is 11.6. The van der Waals surface area contributed by atoms with Gasteiger partial charge in [-0.25, -0.2) is 0 Å². The molecule has 0 radical (unpaired) electrons. The summed E-state index contributed by atoms with van der Waals surface area (Å²) in [5.41, 5.74) is -1.12. The molecule has 0 bridgehead atoms. The summed E-state index contributed by atoms with van der Waals surface area (Å²) < 4.78 is 0. The van der Waals surface area contributed by atoms with E-state index in [2.05, 4.69) is 55.4 Å². The van der Waals surface area contributed by atoms with E-state index in [4.69, 9.17) is 0 Å². The third-order valence-electron chi connectivity index (χ3n) is 6.71. The van der Waals surface area contributed by atoms with E-state index in [1.807, 2.05) is 13.8 Å². The lowest BCUT2D eigenvalue weighted by molar-refractivity contribution is -0.170. The Hall–Kier alpha value is -0.530. The van der Waals surface area contributed by atoms with Crippen molar-refractivity contribution in [1.29, 1.82) is 0 Å². The lowest BCUT2D eigenvalue weighted by Crippen LogP contribution is -2.55. The summed E-state index contributed by atoms with van der Waals surface area (Å²) in [6.45, 7) is 21.2. The molecule has 0 saturated carbocycles. The minimum absolute atomic E-state index is 0.0587. The van der Waals surface area contributed by atoms with E-state index in [1.165, 1.54) is 0 Å². The Balaban J connectivity index is 5.81. The second kappa shape index (κ2) is 4.54. The molecule has 0 aromatic carbocycles. The fraction of sp³-hybridized carbons (Fsp3) is 0.938. The summed E-state index contributed by atoms with van der Waals surface area (Å²) in [6, 6.07) is 0. The normalized spacial score (nSPS) is 15.1. The molecule has 0 heterocycles. The van der Waals surface area contributed by atoms with Crippen LogP contribution in [0.2, 0.25) is 0 Å². The maximum atomic E-state index is 11.6. The van der Waals surface area contributed by atoms with Crippen LogP contribution in [0.25, 0.3) is 0 Å². The van der Waals surface area contributed by atoms with Gasteiger partial charge < -0.3 is 5.11 Å². The molecular formula is C16H32O2. The molecule has 0 saturated heterocycles. The summed E-state index contributed by atoms with van der Waals surface area (Å²) in [7, 11) is 0. The number of hydrogen-bond acceptors (Lipinski definition) is 1. The molecule has 0 aromatic heterocycles. The van der Waals surface area contributed by atoms with E-state index >= 15 is 0 Å². The van der Waals surface area contributed by atoms with Crippen LogP contribution in [0.15, 0.2) is 0 Å². The molecule has 0 unspecified atom stereocenters. The van der Waals surface area contributed by atoms with Gasteiger partial charge in [0, 0.05) is 0 Å². The molecule has 2 heteroatoms. The average Bonchev–Trinajstić information content (AvgIpc) is 2.15. The summed E-state index contributed by atoms with van der Waals surface area (Å²) in [6.07, 6.45) is 0. The topological polar surface area (TPSA) is 37.3 Å². The van der Waals surface area contributed by atoms with Crippen LogP contribution in [-0.2, 0) is 4.79 Å². The predicted octanol–water partition coefficient (Wildman–Crippen LogP) is 4.83. The number of carboxylic acids is 1. The van der Waals surface area contributed by atoms with Gasteiger partial charge in [0.2, 0.25) is 0 Å². The first kappa shape index (κ1) is 17.5. The zero-order valence-corrected chi connectivity index (χ0v) is 13.9. The van der Waals surface area contributed by atoms with Gasteiger partial charge >= 0.3 is 5.97 Å². The molecule has 0 atom stereocenters. The highest BCUT2D eigenvalue weighted by Gasteiger charge is 2.57. The van der Waals surface area contributed by atoms with E-state index in [0.29, 0.717) is 5.92 Å². The fourth-order valence-electron chi connectivity index (χ4n) is 2.58. The standard InChI is InChI=1S/C16H32O2/c1-11(2)13(3,4)15(7,8)16(9,10)14(5,6)12(17)18/h11H,1-10H3,(H,17,18). The van der Waals surface area contributed by atoms with Gasteiger partial charge in [0.05, 0.1) is 5.41 Å². The van der Waals surface area contributed by atoms with Gasteiger partial charge in [-0.15, -0.1) is 0 Å². The molecule has 0 amide bonds. The Labute approximate surface area is 113 Å². The van der Waals surface area contributed by atoms with Crippen molar-refractivity contribution in [3.05, 3.63) is 0 Å². The third-order valence-corrected chi connectivity index (χ3v) is 6.71. The van der Waals surface area contributed by atoms with Crippen LogP contribution >= 0.6 is 0 Å². The quantitative estimate of drug-likeness (QED) is 0.764. The molecule has 0 fully saturated rings. The molecule has 108 valence electrons. The van der Waals surface area contributed by atoms with E-state index in [-0.39, 0.29) is 16.2 Å². The highest BCUT2D eigenvalue weighted by molar-refractivity contribution is 5.74. The van der Waals surface area contributed by atoms with Crippen LogP contribution in [0.4, 0.5) is 0 Å². The summed E-state index contributed by atoms with van der Waals surface area (Å²) in [4.78, 5) is 11.6. The van der Waals surface area contributed by atoms with Gasteiger partial charge in [0.15, 0.2) is 0 Å². The molecule has 0 aliphatic carbocycles. The minimum atomic E-state index is -0.761. The van der Waals surface area contributed by atoms with Crippen molar-refractivity contribution < 1.29 is 9.90 Å². The first-order valence-corrected chi connectivity index (χ1v) is 6.87.